The monoisotopic (exact) mass is 382 g/mol. The van der Waals surface area contributed by atoms with Crippen molar-refractivity contribution in [1.29, 1.82) is 0 Å². The van der Waals surface area contributed by atoms with Crippen LogP contribution in [0.1, 0.15) is 47.7 Å². The summed E-state index contributed by atoms with van der Waals surface area (Å²) in [5, 5.41) is 3.69. The highest BCUT2D eigenvalue weighted by Gasteiger charge is 2.23. The molecule has 0 saturated carbocycles. The van der Waals surface area contributed by atoms with E-state index in [4.69, 9.17) is 9.47 Å². The van der Waals surface area contributed by atoms with Crippen LogP contribution in [0, 0.1) is 13.8 Å². The molecule has 1 N–H and O–H groups in total. The zero-order valence-electron chi connectivity index (χ0n) is 18.0. The second kappa shape index (κ2) is 9.44. The molecular formula is C24H34N2O2. The minimum absolute atomic E-state index is 0.219. The van der Waals surface area contributed by atoms with Crippen LogP contribution in [0.2, 0.25) is 0 Å². The highest BCUT2D eigenvalue weighted by Crippen LogP contribution is 2.34. The average Bonchev–Trinajstić information content (AvgIpc) is 2.70. The summed E-state index contributed by atoms with van der Waals surface area (Å²) in [5.74, 6) is 1.96. The van der Waals surface area contributed by atoms with Crippen LogP contribution < -0.4 is 14.8 Å². The largest absolute Gasteiger partial charge is 0.496 e. The Morgan fingerprint density at radius 2 is 1.79 bits per heavy atom. The van der Waals surface area contributed by atoms with E-state index in [1.54, 1.807) is 7.11 Å². The Kier molecular flexibility index (Phi) is 6.97. The van der Waals surface area contributed by atoms with Crippen molar-refractivity contribution < 1.29 is 9.47 Å². The fourth-order valence-corrected chi connectivity index (χ4v) is 4.23. The van der Waals surface area contributed by atoms with Gasteiger partial charge in [-0.25, -0.2) is 0 Å². The van der Waals surface area contributed by atoms with Crippen LogP contribution in [-0.2, 0) is 6.42 Å². The van der Waals surface area contributed by atoms with E-state index in [1.165, 1.54) is 27.8 Å². The van der Waals surface area contributed by atoms with E-state index in [9.17, 15) is 0 Å². The number of likely N-dealkylation sites (N-methyl/N-ethyl adjacent to an activating group) is 1. The first-order chi connectivity index (χ1) is 13.6. The summed E-state index contributed by atoms with van der Waals surface area (Å²) in [6, 6.07) is 11.3. The molecule has 1 atom stereocenters. The summed E-state index contributed by atoms with van der Waals surface area (Å²) in [6.07, 6.45) is 1.03. The van der Waals surface area contributed by atoms with Crippen LogP contribution >= 0.6 is 0 Å². The third kappa shape index (κ3) is 4.50. The van der Waals surface area contributed by atoms with Gasteiger partial charge in [0.1, 0.15) is 18.1 Å². The Morgan fingerprint density at radius 3 is 2.43 bits per heavy atom. The molecule has 1 aliphatic rings. The lowest BCUT2D eigenvalue weighted by atomic mass is 9.88. The Morgan fingerprint density at radius 1 is 1.07 bits per heavy atom. The summed E-state index contributed by atoms with van der Waals surface area (Å²) in [7, 11) is 1.74. The predicted octanol–water partition coefficient (Wildman–Crippen LogP) is 4.27. The van der Waals surface area contributed by atoms with Crippen LogP contribution in [0.15, 0.2) is 30.3 Å². The molecule has 0 spiro atoms. The van der Waals surface area contributed by atoms with Crippen LogP contribution in [0.25, 0.3) is 0 Å². The maximum Gasteiger partial charge on any atom is 0.124 e. The average molecular weight is 383 g/mol. The molecule has 0 aliphatic carbocycles. The lowest BCUT2D eigenvalue weighted by Gasteiger charge is -2.29. The molecule has 152 valence electrons. The first-order valence-corrected chi connectivity index (χ1v) is 10.4. The molecule has 2 aromatic rings. The summed E-state index contributed by atoms with van der Waals surface area (Å²) < 4.78 is 11.6. The highest BCUT2D eigenvalue weighted by atomic mass is 16.5. The minimum atomic E-state index is 0.219. The van der Waals surface area contributed by atoms with E-state index in [0.29, 0.717) is 0 Å². The van der Waals surface area contributed by atoms with Crippen molar-refractivity contribution in [1.82, 2.24) is 10.2 Å². The third-order valence-corrected chi connectivity index (χ3v) is 5.76. The van der Waals surface area contributed by atoms with Crippen LogP contribution in [0.4, 0.5) is 0 Å². The van der Waals surface area contributed by atoms with Gasteiger partial charge in [0.15, 0.2) is 0 Å². The Bertz CT molecular complexity index is 776. The van der Waals surface area contributed by atoms with E-state index < -0.39 is 0 Å². The lowest BCUT2D eigenvalue weighted by molar-refractivity contribution is 0.222. The summed E-state index contributed by atoms with van der Waals surface area (Å²) in [5.41, 5.74) is 6.40. The predicted molar refractivity (Wildman–Crippen MR) is 116 cm³/mol. The van der Waals surface area contributed by atoms with Crippen molar-refractivity contribution in [2.45, 2.75) is 40.2 Å². The van der Waals surface area contributed by atoms with Crippen molar-refractivity contribution >= 4 is 0 Å². The first-order valence-electron chi connectivity index (χ1n) is 10.4. The topological polar surface area (TPSA) is 33.7 Å². The fraction of sp³-hybridized carbons (Fsp3) is 0.500. The van der Waals surface area contributed by atoms with Crippen LogP contribution in [-0.4, -0.2) is 44.8 Å². The molecule has 0 bridgehead atoms. The molecular weight excluding hydrogens is 348 g/mol. The standard InChI is InChI=1S/C24H34N2O2/c1-6-26(7-2)12-13-28-21-8-9-22-19(16-21)10-11-25-23(22)20-14-17(3)24(27-5)18(4)15-20/h8-9,14-16,23,25H,6-7,10-13H2,1-5H3. The molecule has 3 rings (SSSR count). The zero-order valence-corrected chi connectivity index (χ0v) is 18.0. The van der Waals surface area contributed by atoms with Gasteiger partial charge in [0.2, 0.25) is 0 Å². The fourth-order valence-electron chi connectivity index (χ4n) is 4.23. The summed E-state index contributed by atoms with van der Waals surface area (Å²) in [4.78, 5) is 2.38. The summed E-state index contributed by atoms with van der Waals surface area (Å²) >= 11 is 0. The van der Waals surface area contributed by atoms with Gasteiger partial charge in [-0.15, -0.1) is 0 Å². The lowest BCUT2D eigenvalue weighted by Crippen LogP contribution is -2.31. The molecule has 0 amide bonds. The second-order valence-electron chi connectivity index (χ2n) is 7.56. The molecule has 1 heterocycles. The number of hydrogen-bond acceptors (Lipinski definition) is 4. The normalized spacial score (nSPS) is 16.1. The molecule has 0 aromatic heterocycles. The number of aryl methyl sites for hydroxylation is 2. The number of methoxy groups -OCH3 is 1. The van der Waals surface area contributed by atoms with Gasteiger partial charge >= 0.3 is 0 Å². The van der Waals surface area contributed by atoms with Crippen molar-refractivity contribution in [3.05, 3.63) is 58.1 Å². The van der Waals surface area contributed by atoms with E-state index >= 15 is 0 Å². The number of nitrogens with one attached hydrogen (secondary N) is 1. The number of nitrogens with zero attached hydrogens (tertiary/aromatic N) is 1. The molecule has 2 aromatic carbocycles. The number of fused-ring (bicyclic) bond motifs is 1. The van der Waals surface area contributed by atoms with Gasteiger partial charge in [0, 0.05) is 13.1 Å². The van der Waals surface area contributed by atoms with Gasteiger partial charge in [-0.3, -0.25) is 0 Å². The molecule has 4 nitrogen and oxygen atoms in total. The van der Waals surface area contributed by atoms with Crippen LogP contribution in [0.5, 0.6) is 11.5 Å². The van der Waals surface area contributed by atoms with Gasteiger partial charge < -0.3 is 19.7 Å². The smallest absolute Gasteiger partial charge is 0.124 e. The Balaban J connectivity index is 1.78. The van der Waals surface area contributed by atoms with Gasteiger partial charge in [-0.2, -0.15) is 0 Å². The molecule has 1 aliphatic heterocycles. The van der Waals surface area contributed by atoms with Gasteiger partial charge in [-0.05, 0) is 73.3 Å². The van der Waals surface area contributed by atoms with Gasteiger partial charge in [-0.1, -0.05) is 32.0 Å². The molecule has 0 radical (unpaired) electrons. The van der Waals surface area contributed by atoms with Crippen molar-refractivity contribution in [3.63, 3.8) is 0 Å². The molecule has 0 fully saturated rings. The minimum Gasteiger partial charge on any atom is -0.496 e. The van der Waals surface area contributed by atoms with Gasteiger partial charge in [0.05, 0.1) is 13.2 Å². The van der Waals surface area contributed by atoms with Crippen molar-refractivity contribution in [2.75, 3.05) is 39.9 Å². The number of rotatable bonds is 8. The molecule has 1 unspecified atom stereocenters. The number of hydrogen-bond donors (Lipinski definition) is 1. The maximum atomic E-state index is 6.04. The van der Waals surface area contributed by atoms with E-state index in [1.807, 2.05) is 0 Å². The van der Waals surface area contributed by atoms with E-state index in [2.05, 4.69) is 68.2 Å². The Labute approximate surface area is 169 Å². The Hall–Kier alpha value is -2.04. The third-order valence-electron chi connectivity index (χ3n) is 5.76. The SMILES string of the molecule is CCN(CC)CCOc1ccc2c(c1)CCNC2c1cc(C)c(OC)c(C)c1. The first kappa shape index (κ1) is 20.7. The number of benzene rings is 2. The van der Waals surface area contributed by atoms with E-state index in [-0.39, 0.29) is 6.04 Å². The summed E-state index contributed by atoms with van der Waals surface area (Å²) in [6.45, 7) is 13.4. The van der Waals surface area contributed by atoms with E-state index in [0.717, 1.165) is 50.7 Å². The van der Waals surface area contributed by atoms with Crippen molar-refractivity contribution in [3.8, 4) is 11.5 Å². The highest BCUT2D eigenvalue weighted by molar-refractivity contribution is 5.49. The van der Waals surface area contributed by atoms with Crippen LogP contribution in [0.3, 0.4) is 0 Å². The number of ether oxygens (including phenoxy) is 2. The second-order valence-corrected chi connectivity index (χ2v) is 7.56. The molecule has 28 heavy (non-hydrogen) atoms. The van der Waals surface area contributed by atoms with Gasteiger partial charge in [0.25, 0.3) is 0 Å². The maximum absolute atomic E-state index is 6.04. The molecule has 4 heteroatoms. The zero-order chi connectivity index (χ0) is 20.1. The quantitative estimate of drug-likeness (QED) is 0.739. The van der Waals surface area contributed by atoms with Crippen molar-refractivity contribution in [2.24, 2.45) is 0 Å². The molecule has 0 saturated heterocycles.